The normalized spacial score (nSPS) is 12.8. The van der Waals surface area contributed by atoms with Crippen LogP contribution in [-0.2, 0) is 35.6 Å². The molecule has 2 heterocycles. The molecule has 0 radical (unpaired) electrons. The Balaban J connectivity index is 1.32. The zero-order valence-corrected chi connectivity index (χ0v) is 15.9. The van der Waals surface area contributed by atoms with E-state index in [1.807, 2.05) is 42.5 Å². The average Bonchev–Trinajstić information content (AvgIpc) is 3.19. The molecule has 148 valence electrons. The third-order valence-corrected chi connectivity index (χ3v) is 4.83. The summed E-state index contributed by atoms with van der Waals surface area (Å²) < 4.78 is 1.60. The number of amides is 2. The van der Waals surface area contributed by atoms with Crippen LogP contribution in [0.1, 0.15) is 22.3 Å². The van der Waals surface area contributed by atoms with Gasteiger partial charge in [-0.3, -0.25) is 14.9 Å². The lowest BCUT2D eigenvalue weighted by Gasteiger charge is -2.20. The number of anilines is 1. The quantitative estimate of drug-likeness (QED) is 0.569. The molecule has 29 heavy (non-hydrogen) atoms. The van der Waals surface area contributed by atoms with Gasteiger partial charge in [0.1, 0.15) is 6.33 Å². The van der Waals surface area contributed by atoms with E-state index < -0.39 is 11.8 Å². The standard InChI is InChI=1S/C21H22N6O2/c28-19(23-12-17-8-4-7-16-11-22-10-9-18(16)17)20(29)25-21-24-14-27(26-21)13-15-5-2-1-3-6-15/h1-8,14,22H,9-13H2,(H,23,28)(H,25,26,29). The fraction of sp³-hybridized carbons (Fsp3) is 0.238. The summed E-state index contributed by atoms with van der Waals surface area (Å²) in [7, 11) is 0. The molecule has 0 atom stereocenters. The number of hydrogen-bond donors (Lipinski definition) is 3. The lowest BCUT2D eigenvalue weighted by Crippen LogP contribution is -2.36. The minimum atomic E-state index is -0.783. The van der Waals surface area contributed by atoms with Crippen molar-refractivity contribution in [2.45, 2.75) is 26.1 Å². The van der Waals surface area contributed by atoms with Crippen molar-refractivity contribution in [1.82, 2.24) is 25.4 Å². The van der Waals surface area contributed by atoms with Crippen molar-refractivity contribution in [2.75, 3.05) is 11.9 Å². The third kappa shape index (κ3) is 4.67. The largest absolute Gasteiger partial charge is 0.344 e. The molecule has 0 saturated carbocycles. The molecule has 1 aromatic heterocycles. The van der Waals surface area contributed by atoms with E-state index in [0.29, 0.717) is 13.1 Å². The van der Waals surface area contributed by atoms with Crippen molar-refractivity contribution in [3.05, 3.63) is 77.1 Å². The summed E-state index contributed by atoms with van der Waals surface area (Å²) in [4.78, 5) is 28.4. The molecule has 3 aromatic rings. The first-order valence-corrected chi connectivity index (χ1v) is 9.52. The van der Waals surface area contributed by atoms with E-state index in [4.69, 9.17) is 0 Å². The number of nitrogens with one attached hydrogen (secondary N) is 3. The van der Waals surface area contributed by atoms with Crippen LogP contribution in [0.25, 0.3) is 0 Å². The first kappa shape index (κ1) is 18.8. The van der Waals surface area contributed by atoms with Gasteiger partial charge in [-0.2, -0.15) is 0 Å². The number of fused-ring (bicyclic) bond motifs is 1. The van der Waals surface area contributed by atoms with Crippen LogP contribution in [0.15, 0.2) is 54.9 Å². The molecule has 1 aliphatic rings. The van der Waals surface area contributed by atoms with Crippen LogP contribution in [0.4, 0.5) is 5.95 Å². The highest BCUT2D eigenvalue weighted by molar-refractivity contribution is 6.39. The molecule has 0 unspecified atom stereocenters. The van der Waals surface area contributed by atoms with Crippen LogP contribution in [0.2, 0.25) is 0 Å². The summed E-state index contributed by atoms with van der Waals surface area (Å²) >= 11 is 0. The average molecular weight is 390 g/mol. The molecular formula is C21H22N6O2. The fourth-order valence-corrected chi connectivity index (χ4v) is 3.39. The number of benzene rings is 2. The Morgan fingerprint density at radius 2 is 1.93 bits per heavy atom. The van der Waals surface area contributed by atoms with Crippen LogP contribution in [0.3, 0.4) is 0 Å². The van der Waals surface area contributed by atoms with Crippen LogP contribution in [0.5, 0.6) is 0 Å². The van der Waals surface area contributed by atoms with Crippen molar-refractivity contribution in [2.24, 2.45) is 0 Å². The van der Waals surface area contributed by atoms with Crippen molar-refractivity contribution < 1.29 is 9.59 Å². The van der Waals surface area contributed by atoms with Crippen LogP contribution >= 0.6 is 0 Å². The fourth-order valence-electron chi connectivity index (χ4n) is 3.39. The Kier molecular flexibility index (Phi) is 5.62. The number of nitrogens with zero attached hydrogens (tertiary/aromatic N) is 3. The van der Waals surface area contributed by atoms with E-state index in [2.05, 4.69) is 32.1 Å². The number of carbonyl (C=O) groups excluding carboxylic acids is 2. The van der Waals surface area contributed by atoms with Crippen molar-refractivity contribution in [3.8, 4) is 0 Å². The van der Waals surface area contributed by atoms with Crippen LogP contribution in [0, 0.1) is 0 Å². The second kappa shape index (κ2) is 8.66. The van der Waals surface area contributed by atoms with Gasteiger partial charge in [0.25, 0.3) is 0 Å². The van der Waals surface area contributed by atoms with Gasteiger partial charge in [-0.25, -0.2) is 9.67 Å². The van der Waals surface area contributed by atoms with E-state index in [0.717, 1.165) is 30.6 Å². The summed E-state index contributed by atoms with van der Waals surface area (Å²) in [5.41, 5.74) is 4.58. The molecule has 0 spiro atoms. The van der Waals surface area contributed by atoms with Gasteiger partial charge in [-0.1, -0.05) is 48.5 Å². The summed E-state index contributed by atoms with van der Waals surface area (Å²) in [6.07, 6.45) is 2.43. The Bertz CT molecular complexity index is 1020. The maximum atomic E-state index is 12.2. The zero-order chi connectivity index (χ0) is 20.1. The molecule has 2 amide bonds. The van der Waals surface area contributed by atoms with Gasteiger partial charge in [-0.15, -0.1) is 5.10 Å². The molecule has 0 fully saturated rings. The van der Waals surface area contributed by atoms with Crippen LogP contribution < -0.4 is 16.0 Å². The van der Waals surface area contributed by atoms with Crippen LogP contribution in [-0.4, -0.2) is 33.1 Å². The summed E-state index contributed by atoms with van der Waals surface area (Å²) in [6, 6.07) is 15.8. The molecule has 4 rings (SSSR count). The predicted molar refractivity (Wildman–Crippen MR) is 108 cm³/mol. The highest BCUT2D eigenvalue weighted by Crippen LogP contribution is 2.18. The summed E-state index contributed by atoms with van der Waals surface area (Å²) in [5.74, 6) is -1.39. The van der Waals surface area contributed by atoms with Gasteiger partial charge in [0.05, 0.1) is 6.54 Å². The Morgan fingerprint density at radius 1 is 1.07 bits per heavy atom. The lowest BCUT2D eigenvalue weighted by atomic mass is 9.95. The van der Waals surface area contributed by atoms with Gasteiger partial charge in [0, 0.05) is 13.1 Å². The molecule has 0 saturated heterocycles. The van der Waals surface area contributed by atoms with E-state index in [1.165, 1.54) is 17.5 Å². The Hall–Kier alpha value is -3.52. The summed E-state index contributed by atoms with van der Waals surface area (Å²) in [6.45, 7) is 2.58. The first-order valence-electron chi connectivity index (χ1n) is 9.52. The van der Waals surface area contributed by atoms with Crippen molar-refractivity contribution in [3.63, 3.8) is 0 Å². The summed E-state index contributed by atoms with van der Waals surface area (Å²) in [5, 5.41) is 12.6. The molecule has 0 aliphatic carbocycles. The van der Waals surface area contributed by atoms with Crippen molar-refractivity contribution >= 4 is 17.8 Å². The molecule has 0 bridgehead atoms. The van der Waals surface area contributed by atoms with Crippen molar-refractivity contribution in [1.29, 1.82) is 0 Å². The van der Waals surface area contributed by atoms with Gasteiger partial charge < -0.3 is 10.6 Å². The minimum Gasteiger partial charge on any atom is -0.344 e. The lowest BCUT2D eigenvalue weighted by molar-refractivity contribution is -0.136. The van der Waals surface area contributed by atoms with E-state index in [1.54, 1.807) is 4.68 Å². The Morgan fingerprint density at radius 3 is 2.79 bits per heavy atom. The SMILES string of the molecule is O=C(NCc1cccc2c1CCNC2)C(=O)Nc1ncn(Cc2ccccc2)n1. The van der Waals surface area contributed by atoms with Gasteiger partial charge in [0.15, 0.2) is 0 Å². The number of rotatable bonds is 5. The maximum Gasteiger partial charge on any atom is 0.316 e. The van der Waals surface area contributed by atoms with E-state index >= 15 is 0 Å². The van der Waals surface area contributed by atoms with Gasteiger partial charge in [0.2, 0.25) is 5.95 Å². The predicted octanol–water partition coefficient (Wildman–Crippen LogP) is 1.23. The highest BCUT2D eigenvalue weighted by Gasteiger charge is 2.17. The second-order valence-electron chi connectivity index (χ2n) is 6.87. The second-order valence-corrected chi connectivity index (χ2v) is 6.87. The minimum absolute atomic E-state index is 0.101. The highest BCUT2D eigenvalue weighted by atomic mass is 16.2. The van der Waals surface area contributed by atoms with Gasteiger partial charge >= 0.3 is 11.8 Å². The van der Waals surface area contributed by atoms with E-state index in [9.17, 15) is 9.59 Å². The van der Waals surface area contributed by atoms with Gasteiger partial charge in [-0.05, 0) is 35.2 Å². The zero-order valence-electron chi connectivity index (χ0n) is 15.9. The number of hydrogen-bond acceptors (Lipinski definition) is 5. The smallest absolute Gasteiger partial charge is 0.316 e. The maximum absolute atomic E-state index is 12.2. The molecule has 2 aromatic carbocycles. The molecular weight excluding hydrogens is 368 g/mol. The number of aromatic nitrogens is 3. The molecule has 3 N–H and O–H groups in total. The first-order chi connectivity index (χ1) is 14.2. The third-order valence-electron chi connectivity index (χ3n) is 4.83. The number of carbonyl (C=O) groups is 2. The molecule has 1 aliphatic heterocycles. The topological polar surface area (TPSA) is 101 Å². The Labute approximate surface area is 168 Å². The molecule has 8 heteroatoms. The monoisotopic (exact) mass is 390 g/mol. The molecule has 8 nitrogen and oxygen atoms in total. The van der Waals surface area contributed by atoms with E-state index in [-0.39, 0.29) is 5.95 Å².